The summed E-state index contributed by atoms with van der Waals surface area (Å²) in [5, 5.41) is 12.6. The largest absolute Gasteiger partial charge is 0.495 e. The highest BCUT2D eigenvalue weighted by Gasteiger charge is 2.14. The molecule has 0 bridgehead atoms. The number of nitrogens with one attached hydrogen (secondary N) is 1. The molecule has 2 heterocycles. The first-order chi connectivity index (χ1) is 15.0. The maximum absolute atomic E-state index is 12.7. The summed E-state index contributed by atoms with van der Waals surface area (Å²) in [5.41, 5.74) is 1.49. The van der Waals surface area contributed by atoms with E-state index in [0.717, 1.165) is 10.2 Å². The fraction of sp³-hybridized carbons (Fsp3) is 0.143. The molecule has 0 aliphatic heterocycles. The molecule has 2 aromatic heterocycles. The lowest BCUT2D eigenvalue weighted by molar-refractivity contribution is -0.117. The van der Waals surface area contributed by atoms with Gasteiger partial charge in [0.05, 0.1) is 12.8 Å². The van der Waals surface area contributed by atoms with Crippen molar-refractivity contribution >= 4 is 40.6 Å². The molecule has 4 aromatic rings. The summed E-state index contributed by atoms with van der Waals surface area (Å²) in [6.45, 7) is -0.243. The second kappa shape index (κ2) is 9.23. The fourth-order valence-corrected chi connectivity index (χ4v) is 3.82. The molecular formula is C21H18ClN5O3S. The molecule has 0 saturated heterocycles. The van der Waals surface area contributed by atoms with Crippen molar-refractivity contribution in [1.29, 1.82) is 0 Å². The predicted octanol–water partition coefficient (Wildman–Crippen LogP) is 3.48. The molecule has 0 spiro atoms. The number of carbonyl (C=O) groups is 1. The van der Waals surface area contributed by atoms with E-state index in [1.807, 2.05) is 24.3 Å². The summed E-state index contributed by atoms with van der Waals surface area (Å²) in [4.78, 5) is 25.1. The van der Waals surface area contributed by atoms with Gasteiger partial charge in [-0.3, -0.25) is 4.79 Å². The van der Waals surface area contributed by atoms with Crippen molar-refractivity contribution in [2.24, 2.45) is 0 Å². The Morgan fingerprint density at radius 3 is 2.65 bits per heavy atom. The van der Waals surface area contributed by atoms with Crippen LogP contribution in [0.15, 0.2) is 70.5 Å². The van der Waals surface area contributed by atoms with E-state index >= 15 is 0 Å². The Hall–Kier alpha value is -3.30. The number of thioether (sulfide) groups is 1. The van der Waals surface area contributed by atoms with Gasteiger partial charge in [0.25, 0.3) is 0 Å². The lowest BCUT2D eigenvalue weighted by Crippen LogP contribution is -2.29. The van der Waals surface area contributed by atoms with E-state index in [1.165, 1.54) is 23.4 Å². The lowest BCUT2D eigenvalue weighted by atomic mass is 10.2. The standard InChI is InChI=1S/C21H18ClN5O3S/c1-30-17-5-3-2-4-16(17)23-19(28)12-26-21(29)27-18(24-26)10-11-20(25-27)31-13-14-6-8-15(22)9-7-14/h2-11H,12-13H2,1H3,(H,23,28). The first kappa shape index (κ1) is 21.0. The normalized spacial score (nSPS) is 10.9. The minimum absolute atomic E-state index is 0.243. The molecule has 0 atom stereocenters. The molecule has 2 aromatic carbocycles. The zero-order valence-corrected chi connectivity index (χ0v) is 18.1. The van der Waals surface area contributed by atoms with E-state index in [-0.39, 0.29) is 6.54 Å². The van der Waals surface area contributed by atoms with Crippen molar-refractivity contribution in [1.82, 2.24) is 19.4 Å². The number of hydrogen-bond acceptors (Lipinski definition) is 6. The zero-order valence-electron chi connectivity index (χ0n) is 16.5. The fourth-order valence-electron chi connectivity index (χ4n) is 2.88. The first-order valence-electron chi connectivity index (χ1n) is 9.30. The van der Waals surface area contributed by atoms with E-state index in [4.69, 9.17) is 16.3 Å². The average Bonchev–Trinajstić information content (AvgIpc) is 3.08. The van der Waals surface area contributed by atoms with E-state index in [0.29, 0.717) is 32.9 Å². The summed E-state index contributed by atoms with van der Waals surface area (Å²) >= 11 is 7.40. The van der Waals surface area contributed by atoms with E-state index in [9.17, 15) is 9.59 Å². The Balaban J connectivity index is 1.48. The van der Waals surface area contributed by atoms with Gasteiger partial charge in [-0.1, -0.05) is 47.6 Å². The van der Waals surface area contributed by atoms with Crippen molar-refractivity contribution in [2.45, 2.75) is 17.3 Å². The van der Waals surface area contributed by atoms with Crippen LogP contribution < -0.4 is 15.7 Å². The average molecular weight is 456 g/mol. The number of rotatable bonds is 7. The molecule has 1 amide bonds. The third-order valence-electron chi connectivity index (χ3n) is 4.39. The van der Waals surface area contributed by atoms with Gasteiger partial charge in [0, 0.05) is 10.8 Å². The maximum Gasteiger partial charge on any atom is 0.367 e. The van der Waals surface area contributed by atoms with Gasteiger partial charge in [-0.2, -0.15) is 9.61 Å². The van der Waals surface area contributed by atoms with Gasteiger partial charge in [-0.25, -0.2) is 9.48 Å². The summed E-state index contributed by atoms with van der Waals surface area (Å²) in [6, 6.07) is 18.1. The van der Waals surface area contributed by atoms with Crippen LogP contribution >= 0.6 is 23.4 Å². The van der Waals surface area contributed by atoms with Crippen LogP contribution in [-0.2, 0) is 17.1 Å². The highest BCUT2D eigenvalue weighted by molar-refractivity contribution is 7.98. The number of benzene rings is 2. The van der Waals surface area contributed by atoms with Crippen LogP contribution in [0.3, 0.4) is 0 Å². The Kier molecular flexibility index (Phi) is 6.24. The molecule has 0 radical (unpaired) electrons. The number of carbonyl (C=O) groups excluding carboxylic acids is 1. The smallest absolute Gasteiger partial charge is 0.367 e. The Labute approximate surface area is 186 Å². The molecule has 4 rings (SSSR count). The SMILES string of the molecule is COc1ccccc1NC(=O)Cn1nc2ccc(SCc3ccc(Cl)cc3)nn2c1=O. The van der Waals surface area contributed by atoms with Crippen LogP contribution in [0.4, 0.5) is 5.69 Å². The number of ether oxygens (including phenoxy) is 1. The van der Waals surface area contributed by atoms with Gasteiger partial charge >= 0.3 is 5.69 Å². The molecule has 1 N–H and O–H groups in total. The first-order valence-corrected chi connectivity index (χ1v) is 10.7. The van der Waals surface area contributed by atoms with Gasteiger partial charge in [-0.15, -0.1) is 5.10 Å². The predicted molar refractivity (Wildman–Crippen MR) is 120 cm³/mol. The second-order valence-corrected chi connectivity index (χ2v) is 7.98. The summed E-state index contributed by atoms with van der Waals surface area (Å²) < 4.78 is 7.50. The van der Waals surface area contributed by atoms with Gasteiger partial charge in [0.1, 0.15) is 17.3 Å². The molecule has 8 nitrogen and oxygen atoms in total. The van der Waals surface area contributed by atoms with Crippen molar-refractivity contribution in [3.63, 3.8) is 0 Å². The molecule has 0 unspecified atom stereocenters. The number of fused-ring (bicyclic) bond motifs is 1. The highest BCUT2D eigenvalue weighted by Crippen LogP contribution is 2.23. The van der Waals surface area contributed by atoms with Crippen molar-refractivity contribution in [3.8, 4) is 5.75 Å². The molecule has 0 aliphatic rings. The number of amides is 1. The van der Waals surface area contributed by atoms with Gasteiger partial charge in [0.15, 0.2) is 5.65 Å². The van der Waals surface area contributed by atoms with Crippen LogP contribution in [0, 0.1) is 0 Å². The topological polar surface area (TPSA) is 90.5 Å². The number of para-hydroxylation sites is 2. The Morgan fingerprint density at radius 2 is 1.87 bits per heavy atom. The highest BCUT2D eigenvalue weighted by atomic mass is 35.5. The molecule has 0 fully saturated rings. The molecule has 158 valence electrons. The Morgan fingerprint density at radius 1 is 1.10 bits per heavy atom. The molecule has 0 aliphatic carbocycles. The molecule has 31 heavy (non-hydrogen) atoms. The number of aromatic nitrogens is 4. The van der Waals surface area contributed by atoms with Crippen molar-refractivity contribution < 1.29 is 9.53 Å². The Bertz CT molecular complexity index is 1290. The van der Waals surface area contributed by atoms with Crippen LogP contribution in [0.5, 0.6) is 5.75 Å². The second-order valence-electron chi connectivity index (χ2n) is 6.55. The molecular weight excluding hydrogens is 438 g/mol. The lowest BCUT2D eigenvalue weighted by Gasteiger charge is -2.09. The minimum atomic E-state index is -0.487. The van der Waals surface area contributed by atoms with Crippen LogP contribution in [0.25, 0.3) is 5.65 Å². The zero-order chi connectivity index (χ0) is 21.8. The van der Waals surface area contributed by atoms with E-state index in [1.54, 1.807) is 36.4 Å². The summed E-state index contributed by atoms with van der Waals surface area (Å²) in [6.07, 6.45) is 0. The maximum atomic E-state index is 12.7. The summed E-state index contributed by atoms with van der Waals surface area (Å²) in [7, 11) is 1.52. The monoisotopic (exact) mass is 455 g/mol. The van der Waals surface area contributed by atoms with E-state index in [2.05, 4.69) is 15.5 Å². The van der Waals surface area contributed by atoms with Gasteiger partial charge < -0.3 is 10.1 Å². The minimum Gasteiger partial charge on any atom is -0.495 e. The number of methoxy groups -OCH3 is 1. The van der Waals surface area contributed by atoms with Crippen LogP contribution in [-0.4, -0.2) is 32.4 Å². The number of hydrogen-bond donors (Lipinski definition) is 1. The van der Waals surface area contributed by atoms with Crippen molar-refractivity contribution in [2.75, 3.05) is 12.4 Å². The summed E-state index contributed by atoms with van der Waals surface area (Å²) in [5.74, 6) is 0.814. The molecule has 0 saturated carbocycles. The number of halogens is 1. The van der Waals surface area contributed by atoms with Gasteiger partial charge in [0.2, 0.25) is 5.91 Å². The van der Waals surface area contributed by atoms with Crippen molar-refractivity contribution in [3.05, 3.63) is 81.7 Å². The number of anilines is 1. The molecule has 10 heteroatoms. The van der Waals surface area contributed by atoms with Crippen LogP contribution in [0.1, 0.15) is 5.56 Å². The third kappa shape index (κ3) is 4.89. The van der Waals surface area contributed by atoms with E-state index < -0.39 is 11.6 Å². The van der Waals surface area contributed by atoms with Gasteiger partial charge in [-0.05, 0) is 42.0 Å². The third-order valence-corrected chi connectivity index (χ3v) is 5.63. The number of nitrogens with zero attached hydrogens (tertiary/aromatic N) is 4. The van der Waals surface area contributed by atoms with Crippen LogP contribution in [0.2, 0.25) is 5.02 Å². The quantitative estimate of drug-likeness (QED) is 0.429.